The lowest BCUT2D eigenvalue weighted by Gasteiger charge is -2.21. The quantitative estimate of drug-likeness (QED) is 0.926. The van der Waals surface area contributed by atoms with Gasteiger partial charge in [-0.05, 0) is 62.9 Å². The normalized spacial score (nSPS) is 27.7. The van der Waals surface area contributed by atoms with Crippen LogP contribution < -0.4 is 5.32 Å². The van der Waals surface area contributed by atoms with Gasteiger partial charge >= 0.3 is 0 Å². The summed E-state index contributed by atoms with van der Waals surface area (Å²) in [5, 5.41) is 2.97. The Hall–Kier alpha value is -0.870. The van der Waals surface area contributed by atoms with Gasteiger partial charge < -0.3 is 5.32 Å². The molecule has 2 rings (SSSR count). The summed E-state index contributed by atoms with van der Waals surface area (Å²) >= 11 is 0. The minimum atomic E-state index is -3.21. The van der Waals surface area contributed by atoms with E-state index in [9.17, 15) is 8.42 Å². The first-order valence-electron chi connectivity index (χ1n) is 6.86. The summed E-state index contributed by atoms with van der Waals surface area (Å²) in [5.41, 5.74) is 2.17. The Morgan fingerprint density at radius 1 is 1.16 bits per heavy atom. The zero-order valence-electron chi connectivity index (χ0n) is 12.1. The minimum absolute atomic E-state index is 0.164. The van der Waals surface area contributed by atoms with Gasteiger partial charge in [-0.2, -0.15) is 0 Å². The summed E-state index contributed by atoms with van der Waals surface area (Å²) in [5.74, 6) is 0.164. The van der Waals surface area contributed by atoms with Crippen LogP contribution in [0, 0.1) is 19.8 Å². The van der Waals surface area contributed by atoms with Crippen molar-refractivity contribution in [2.24, 2.45) is 5.92 Å². The highest BCUT2D eigenvalue weighted by Crippen LogP contribution is 2.34. The van der Waals surface area contributed by atoms with Gasteiger partial charge in [0.2, 0.25) is 0 Å². The van der Waals surface area contributed by atoms with Gasteiger partial charge in [0.05, 0.1) is 10.1 Å². The van der Waals surface area contributed by atoms with Crippen molar-refractivity contribution in [1.82, 2.24) is 5.32 Å². The van der Waals surface area contributed by atoms with E-state index in [1.165, 1.54) is 0 Å². The maximum absolute atomic E-state index is 12.7. The van der Waals surface area contributed by atoms with Crippen molar-refractivity contribution in [3.8, 4) is 0 Å². The molecule has 106 valence electrons. The maximum Gasteiger partial charge on any atom is 0.181 e. The molecule has 3 atom stereocenters. The highest BCUT2D eigenvalue weighted by Gasteiger charge is 2.40. The van der Waals surface area contributed by atoms with Crippen LogP contribution >= 0.6 is 0 Å². The Balaban J connectivity index is 2.35. The zero-order valence-corrected chi connectivity index (χ0v) is 12.9. The third-order valence-electron chi connectivity index (χ3n) is 4.56. The van der Waals surface area contributed by atoms with E-state index in [2.05, 4.69) is 5.32 Å². The van der Waals surface area contributed by atoms with Crippen molar-refractivity contribution < 1.29 is 8.42 Å². The predicted octanol–water partition coefficient (Wildman–Crippen LogP) is 2.46. The van der Waals surface area contributed by atoms with E-state index in [1.54, 1.807) is 6.07 Å². The monoisotopic (exact) mass is 281 g/mol. The molecular formula is C15H23NO2S. The largest absolute Gasteiger partial charge is 0.317 e. The van der Waals surface area contributed by atoms with E-state index in [0.717, 1.165) is 24.0 Å². The molecular weight excluding hydrogens is 258 g/mol. The van der Waals surface area contributed by atoms with Crippen molar-refractivity contribution in [3.63, 3.8) is 0 Å². The summed E-state index contributed by atoms with van der Waals surface area (Å²) in [6.07, 6.45) is 1.69. The molecule has 19 heavy (non-hydrogen) atoms. The summed E-state index contributed by atoms with van der Waals surface area (Å²) < 4.78 is 25.5. The Kier molecular flexibility index (Phi) is 4.02. The lowest BCUT2D eigenvalue weighted by Crippen LogP contribution is -2.34. The SMILES string of the molecule is CNC1CCC(S(=O)(=O)c2ccc(C)c(C)c2)C1C. The molecule has 0 spiro atoms. The van der Waals surface area contributed by atoms with Crippen LogP contribution in [0.1, 0.15) is 30.9 Å². The number of rotatable bonds is 3. The fourth-order valence-corrected chi connectivity index (χ4v) is 5.19. The predicted molar refractivity (Wildman–Crippen MR) is 78.1 cm³/mol. The fraction of sp³-hybridized carbons (Fsp3) is 0.600. The van der Waals surface area contributed by atoms with Gasteiger partial charge in [0, 0.05) is 6.04 Å². The number of hydrogen-bond acceptors (Lipinski definition) is 3. The molecule has 0 aliphatic heterocycles. The molecule has 1 aliphatic rings. The molecule has 1 fully saturated rings. The summed E-state index contributed by atoms with van der Waals surface area (Å²) in [6, 6.07) is 5.77. The van der Waals surface area contributed by atoms with Gasteiger partial charge in [-0.25, -0.2) is 8.42 Å². The first kappa shape index (κ1) is 14.5. The maximum atomic E-state index is 12.7. The molecule has 1 saturated carbocycles. The van der Waals surface area contributed by atoms with Crippen molar-refractivity contribution in [3.05, 3.63) is 29.3 Å². The van der Waals surface area contributed by atoms with Crippen LogP contribution in [0.3, 0.4) is 0 Å². The van der Waals surface area contributed by atoms with Crippen LogP contribution in [0.2, 0.25) is 0 Å². The molecule has 0 heterocycles. The minimum Gasteiger partial charge on any atom is -0.317 e. The van der Waals surface area contributed by atoms with E-state index < -0.39 is 9.84 Å². The van der Waals surface area contributed by atoms with Gasteiger partial charge in [-0.3, -0.25) is 0 Å². The second-order valence-electron chi connectivity index (χ2n) is 5.66. The van der Waals surface area contributed by atoms with Gasteiger partial charge in [0.1, 0.15) is 0 Å². The van der Waals surface area contributed by atoms with Crippen LogP contribution in [-0.4, -0.2) is 26.8 Å². The molecule has 3 unspecified atom stereocenters. The van der Waals surface area contributed by atoms with E-state index in [4.69, 9.17) is 0 Å². The topological polar surface area (TPSA) is 46.2 Å². The second kappa shape index (κ2) is 5.25. The van der Waals surface area contributed by atoms with Crippen LogP contribution in [-0.2, 0) is 9.84 Å². The van der Waals surface area contributed by atoms with Crippen LogP contribution in [0.4, 0.5) is 0 Å². The van der Waals surface area contributed by atoms with Crippen molar-refractivity contribution in [1.29, 1.82) is 0 Å². The molecule has 0 aromatic heterocycles. The van der Waals surface area contributed by atoms with Crippen LogP contribution in [0.5, 0.6) is 0 Å². The van der Waals surface area contributed by atoms with Gasteiger partial charge in [-0.1, -0.05) is 13.0 Å². The zero-order chi connectivity index (χ0) is 14.2. The first-order valence-corrected chi connectivity index (χ1v) is 8.41. The number of hydrogen-bond donors (Lipinski definition) is 1. The number of benzene rings is 1. The molecule has 4 heteroatoms. The number of sulfone groups is 1. The van der Waals surface area contributed by atoms with Crippen molar-refractivity contribution in [2.45, 2.75) is 49.8 Å². The standard InChI is InChI=1S/C15H23NO2S/c1-10-5-6-13(9-11(10)2)19(17,18)15-8-7-14(16-4)12(15)3/h5-6,9,12,14-16H,7-8H2,1-4H3. The highest BCUT2D eigenvalue weighted by molar-refractivity contribution is 7.92. The Morgan fingerprint density at radius 2 is 1.84 bits per heavy atom. The second-order valence-corrected chi connectivity index (χ2v) is 7.83. The summed E-state index contributed by atoms with van der Waals surface area (Å²) in [7, 11) is -1.30. The van der Waals surface area contributed by atoms with Gasteiger partial charge in [0.25, 0.3) is 0 Å². The average molecular weight is 281 g/mol. The van der Waals surface area contributed by atoms with E-state index in [-0.39, 0.29) is 11.2 Å². The van der Waals surface area contributed by atoms with Gasteiger partial charge in [-0.15, -0.1) is 0 Å². The Morgan fingerprint density at radius 3 is 2.37 bits per heavy atom. The Labute approximate surface area is 116 Å². The third-order valence-corrected chi connectivity index (χ3v) is 6.93. The third kappa shape index (κ3) is 2.56. The lowest BCUT2D eigenvalue weighted by atomic mass is 10.1. The van der Waals surface area contributed by atoms with E-state index in [1.807, 2.05) is 40.0 Å². The van der Waals surface area contributed by atoms with Crippen molar-refractivity contribution in [2.75, 3.05) is 7.05 Å². The molecule has 0 amide bonds. The molecule has 0 saturated heterocycles. The number of aryl methyl sites for hydroxylation is 2. The highest BCUT2D eigenvalue weighted by atomic mass is 32.2. The fourth-order valence-electron chi connectivity index (χ4n) is 3.04. The van der Waals surface area contributed by atoms with Crippen molar-refractivity contribution >= 4 is 9.84 Å². The lowest BCUT2D eigenvalue weighted by molar-refractivity contribution is 0.453. The summed E-state index contributed by atoms with van der Waals surface area (Å²) in [6.45, 7) is 6.00. The first-order chi connectivity index (χ1) is 8.87. The molecule has 1 aromatic carbocycles. The Bertz CT molecular complexity index is 566. The smallest absolute Gasteiger partial charge is 0.181 e. The molecule has 1 aliphatic carbocycles. The van der Waals surface area contributed by atoms with Crippen LogP contribution in [0.15, 0.2) is 23.1 Å². The van der Waals surface area contributed by atoms with Gasteiger partial charge in [0.15, 0.2) is 9.84 Å². The van der Waals surface area contributed by atoms with E-state index in [0.29, 0.717) is 10.9 Å². The molecule has 0 bridgehead atoms. The average Bonchev–Trinajstić information content (AvgIpc) is 2.74. The molecule has 1 aromatic rings. The number of nitrogens with one attached hydrogen (secondary N) is 1. The molecule has 1 N–H and O–H groups in total. The van der Waals surface area contributed by atoms with Crippen LogP contribution in [0.25, 0.3) is 0 Å². The molecule has 3 nitrogen and oxygen atoms in total. The van der Waals surface area contributed by atoms with E-state index >= 15 is 0 Å². The molecule has 0 radical (unpaired) electrons. The summed E-state index contributed by atoms with van der Waals surface area (Å²) in [4.78, 5) is 0.476.